The van der Waals surface area contributed by atoms with Gasteiger partial charge in [-0.05, 0) is 61.9 Å². The summed E-state index contributed by atoms with van der Waals surface area (Å²) in [5, 5.41) is 14.9. The highest BCUT2D eigenvalue weighted by Gasteiger charge is 2.53. The second-order valence-corrected chi connectivity index (χ2v) is 12.0. The Kier molecular flexibility index (Phi) is 6.61. The molecular weight excluding hydrogens is 508 g/mol. The van der Waals surface area contributed by atoms with Crippen molar-refractivity contribution in [1.29, 1.82) is 5.41 Å². The number of pyridine rings is 1. The molecule has 4 rings (SSSR count). The van der Waals surface area contributed by atoms with Gasteiger partial charge in [0.15, 0.2) is 0 Å². The summed E-state index contributed by atoms with van der Waals surface area (Å²) in [5.74, 6) is -1.87. The van der Waals surface area contributed by atoms with Crippen molar-refractivity contribution in [2.75, 3.05) is 18.1 Å². The summed E-state index contributed by atoms with van der Waals surface area (Å²) in [4.78, 5) is 16.6. The normalized spacial score (nSPS) is 25.7. The van der Waals surface area contributed by atoms with Gasteiger partial charge in [0, 0.05) is 24.5 Å². The number of carbonyl (C=O) groups is 1. The van der Waals surface area contributed by atoms with Crippen LogP contribution >= 0.6 is 11.6 Å². The smallest absolute Gasteiger partial charge is 0.274 e. The fourth-order valence-electron chi connectivity index (χ4n) is 4.35. The molecule has 2 heterocycles. The molecule has 36 heavy (non-hydrogen) atoms. The van der Waals surface area contributed by atoms with Gasteiger partial charge in [-0.2, -0.15) is 0 Å². The molecule has 2 aromatic carbocycles. The minimum atomic E-state index is -3.20. The van der Waals surface area contributed by atoms with Crippen molar-refractivity contribution < 1.29 is 17.8 Å². The number of nitrogens with one attached hydrogen (secondary N) is 3. The molecule has 1 aliphatic heterocycles. The fraction of sp³-hybridized carbons (Fsp3) is 0.240. The third-order valence-electron chi connectivity index (χ3n) is 6.47. The fourth-order valence-corrected chi connectivity index (χ4v) is 7.13. The summed E-state index contributed by atoms with van der Waals surface area (Å²) < 4.78 is 45.7. The summed E-state index contributed by atoms with van der Waals surface area (Å²) >= 11 is 5.82. The molecule has 0 aliphatic carbocycles. The Bertz CT molecular complexity index is 1470. The van der Waals surface area contributed by atoms with Crippen LogP contribution in [0.15, 0.2) is 65.2 Å². The molecule has 0 radical (unpaired) electrons. The Morgan fingerprint density at radius 3 is 2.47 bits per heavy atom. The summed E-state index contributed by atoms with van der Waals surface area (Å²) in [7, 11) is -1.80. The number of aromatic nitrogens is 1. The Morgan fingerprint density at radius 2 is 1.86 bits per heavy atom. The number of carbonyl (C=O) groups excluding carboxylic acids is 1. The van der Waals surface area contributed by atoms with Crippen LogP contribution in [0.25, 0.3) is 0 Å². The van der Waals surface area contributed by atoms with Gasteiger partial charge in [0.2, 0.25) is 0 Å². The summed E-state index contributed by atoms with van der Waals surface area (Å²) in [6, 6.07) is 12.4. The highest BCUT2D eigenvalue weighted by molar-refractivity contribution is 7.95. The van der Waals surface area contributed by atoms with Crippen molar-refractivity contribution in [3.8, 4) is 0 Å². The van der Waals surface area contributed by atoms with Crippen LogP contribution in [0.2, 0.25) is 5.02 Å². The summed E-state index contributed by atoms with van der Waals surface area (Å²) in [5.41, 5.74) is -0.328. The van der Waals surface area contributed by atoms with Crippen LogP contribution in [0, 0.1) is 17.0 Å². The van der Waals surface area contributed by atoms with Crippen LogP contribution in [0.1, 0.15) is 35.5 Å². The first-order valence-corrected chi connectivity index (χ1v) is 13.0. The van der Waals surface area contributed by atoms with Gasteiger partial charge in [0.05, 0.1) is 26.0 Å². The largest absolute Gasteiger partial charge is 0.362 e. The molecule has 3 N–H and O–H groups in total. The van der Waals surface area contributed by atoms with E-state index in [1.807, 2.05) is 0 Å². The van der Waals surface area contributed by atoms with E-state index in [1.54, 1.807) is 13.8 Å². The molecule has 1 amide bonds. The predicted octanol–water partition coefficient (Wildman–Crippen LogP) is 5.07. The van der Waals surface area contributed by atoms with Crippen LogP contribution in [-0.2, 0) is 20.0 Å². The molecule has 1 unspecified atom stereocenters. The first kappa shape index (κ1) is 25.7. The van der Waals surface area contributed by atoms with Crippen LogP contribution < -0.4 is 10.6 Å². The zero-order valence-electron chi connectivity index (χ0n) is 19.7. The second-order valence-electron chi connectivity index (χ2n) is 8.85. The molecule has 1 aliphatic rings. The Balaban J connectivity index is 1.71. The molecule has 7 nitrogen and oxygen atoms in total. The van der Waals surface area contributed by atoms with Crippen molar-refractivity contribution in [2.24, 2.45) is 4.36 Å². The van der Waals surface area contributed by atoms with Crippen molar-refractivity contribution in [3.63, 3.8) is 0 Å². The summed E-state index contributed by atoms with van der Waals surface area (Å²) in [6.45, 7) is 3.23. The topological polar surface area (TPSA) is 107 Å². The number of hydrogen-bond acceptors (Lipinski definition) is 5. The summed E-state index contributed by atoms with van der Waals surface area (Å²) in [6.07, 6.45) is 1.34. The Hall–Kier alpha value is -3.37. The molecule has 0 bridgehead atoms. The van der Waals surface area contributed by atoms with E-state index in [-0.39, 0.29) is 28.5 Å². The zero-order chi connectivity index (χ0) is 26.3. The monoisotopic (exact) mass is 531 g/mol. The van der Waals surface area contributed by atoms with E-state index in [2.05, 4.69) is 20.0 Å². The predicted molar refractivity (Wildman–Crippen MR) is 137 cm³/mol. The number of rotatable bonds is 4. The number of amides is 1. The molecule has 3 atom stereocenters. The van der Waals surface area contributed by atoms with Gasteiger partial charge < -0.3 is 10.6 Å². The average Bonchev–Trinajstić information content (AvgIpc) is 2.84. The van der Waals surface area contributed by atoms with Crippen LogP contribution in [0.4, 0.5) is 14.5 Å². The molecule has 188 valence electrons. The lowest BCUT2D eigenvalue weighted by Gasteiger charge is -2.47. The van der Waals surface area contributed by atoms with E-state index < -0.39 is 37.6 Å². The van der Waals surface area contributed by atoms with Gasteiger partial charge in [0.1, 0.15) is 27.9 Å². The molecule has 0 saturated carbocycles. The molecule has 3 aromatic rings. The van der Waals surface area contributed by atoms with Gasteiger partial charge in [0.25, 0.3) is 5.91 Å². The third kappa shape index (κ3) is 4.35. The zero-order valence-corrected chi connectivity index (χ0v) is 21.3. The highest BCUT2D eigenvalue weighted by atomic mass is 35.5. The lowest BCUT2D eigenvalue weighted by atomic mass is 9.89. The molecule has 1 aromatic heterocycles. The minimum absolute atomic E-state index is 0.103. The van der Waals surface area contributed by atoms with Crippen LogP contribution in [0.3, 0.4) is 0 Å². The number of anilines is 1. The van der Waals surface area contributed by atoms with E-state index in [4.69, 9.17) is 17.0 Å². The van der Waals surface area contributed by atoms with E-state index in [0.717, 1.165) is 0 Å². The number of benzene rings is 2. The third-order valence-corrected chi connectivity index (χ3v) is 9.97. The average molecular weight is 532 g/mol. The molecule has 0 spiro atoms. The minimum Gasteiger partial charge on any atom is -0.362 e. The van der Waals surface area contributed by atoms with Gasteiger partial charge in [-0.1, -0.05) is 23.7 Å². The number of halogens is 3. The van der Waals surface area contributed by atoms with Crippen molar-refractivity contribution in [1.82, 2.24) is 10.3 Å². The Morgan fingerprint density at radius 1 is 1.17 bits per heavy atom. The van der Waals surface area contributed by atoms with Gasteiger partial charge in [-0.25, -0.2) is 22.3 Å². The lowest BCUT2D eigenvalue weighted by Crippen LogP contribution is -2.63. The SMILES string of the molecule is CN=S1(=O)C[C@@](C)(c2cc(NC(=O)c3ccc(Cl)cn3)ccc2F)NC(=N)[C@]1(C)c1ccc(F)cc1. The number of nitrogens with zero attached hydrogens (tertiary/aromatic N) is 2. The Labute approximate surface area is 213 Å². The maximum absolute atomic E-state index is 15.1. The van der Waals surface area contributed by atoms with Crippen LogP contribution in [-0.4, -0.2) is 33.7 Å². The maximum Gasteiger partial charge on any atom is 0.274 e. The maximum atomic E-state index is 15.1. The molecule has 11 heteroatoms. The molecular formula is C25H24ClF2N5O2S. The van der Waals surface area contributed by atoms with Crippen molar-refractivity contribution in [3.05, 3.63) is 94.3 Å². The van der Waals surface area contributed by atoms with E-state index in [1.165, 1.54) is 67.8 Å². The standard InChI is InChI=1S/C25H24ClF2N5O2S/c1-24(14-36(35,30-3)25(2,23(29)33-24)15-4-7-17(27)8-5-15)19-12-18(9-10-20(19)28)32-22(34)21-11-6-16(26)13-31-21/h4-13H,14H2,1-3H3,(H2,29,33)(H,32,34)/t24-,25-,36?/m0/s1. The van der Waals surface area contributed by atoms with E-state index >= 15 is 4.39 Å². The second kappa shape index (κ2) is 9.25. The van der Waals surface area contributed by atoms with Gasteiger partial charge in [-0.15, -0.1) is 0 Å². The molecule has 1 fully saturated rings. The van der Waals surface area contributed by atoms with Gasteiger partial charge >= 0.3 is 0 Å². The number of amidine groups is 1. The van der Waals surface area contributed by atoms with E-state index in [0.29, 0.717) is 10.6 Å². The molecule has 1 saturated heterocycles. The lowest BCUT2D eigenvalue weighted by molar-refractivity contribution is 0.102. The van der Waals surface area contributed by atoms with Gasteiger partial charge in [-0.3, -0.25) is 10.2 Å². The quantitative estimate of drug-likeness (QED) is 0.436. The van der Waals surface area contributed by atoms with Crippen molar-refractivity contribution >= 4 is 38.8 Å². The van der Waals surface area contributed by atoms with Crippen LogP contribution in [0.5, 0.6) is 0 Å². The highest BCUT2D eigenvalue weighted by Crippen LogP contribution is 2.42. The van der Waals surface area contributed by atoms with E-state index in [9.17, 15) is 13.4 Å². The van der Waals surface area contributed by atoms with Crippen molar-refractivity contribution in [2.45, 2.75) is 24.1 Å². The number of hydrogen-bond donors (Lipinski definition) is 3. The first-order valence-electron chi connectivity index (χ1n) is 10.9. The first-order chi connectivity index (χ1) is 16.9.